The van der Waals surface area contributed by atoms with Crippen LogP contribution >= 0.6 is 12.6 Å². The van der Waals surface area contributed by atoms with Crippen molar-refractivity contribution in [3.63, 3.8) is 0 Å². The van der Waals surface area contributed by atoms with Crippen LogP contribution in [0.1, 0.15) is 77.5 Å². The molecule has 29 heavy (non-hydrogen) atoms. The van der Waals surface area contributed by atoms with Crippen LogP contribution in [-0.4, -0.2) is 0 Å². The molecule has 1 unspecified atom stereocenters. The van der Waals surface area contributed by atoms with Gasteiger partial charge in [-0.05, 0) is 84.1 Å². The summed E-state index contributed by atoms with van der Waals surface area (Å²) < 4.78 is 0. The van der Waals surface area contributed by atoms with Gasteiger partial charge in [0.05, 0.1) is 0 Å². The maximum Gasteiger partial charge on any atom is 0.00401 e. The van der Waals surface area contributed by atoms with Crippen LogP contribution in [-0.2, 0) is 12.8 Å². The van der Waals surface area contributed by atoms with Crippen LogP contribution in [0.25, 0.3) is 5.57 Å². The third kappa shape index (κ3) is 7.90. The normalized spacial score (nSPS) is 12.5. The molecule has 0 aromatic heterocycles. The minimum Gasteiger partial charge on any atom is -0.143 e. The third-order valence-electron chi connectivity index (χ3n) is 5.48. The van der Waals surface area contributed by atoms with Crippen molar-refractivity contribution in [2.45, 2.75) is 78.5 Å². The van der Waals surface area contributed by atoms with Gasteiger partial charge in [-0.3, -0.25) is 0 Å². The van der Waals surface area contributed by atoms with Gasteiger partial charge < -0.3 is 0 Å². The molecule has 0 spiro atoms. The first kappa shape index (κ1) is 25.3. The summed E-state index contributed by atoms with van der Waals surface area (Å²) in [5.74, 6) is 0.517. The highest BCUT2D eigenvalue weighted by atomic mass is 32.1. The molecule has 0 bridgehead atoms. The first-order valence-corrected chi connectivity index (χ1v) is 11.7. The molecule has 2 aromatic carbocycles. The van der Waals surface area contributed by atoms with Crippen LogP contribution < -0.4 is 0 Å². The first-order chi connectivity index (χ1) is 14.0. The average Bonchev–Trinajstić information content (AvgIpc) is 2.76. The second-order valence-corrected chi connectivity index (χ2v) is 8.11. The van der Waals surface area contributed by atoms with Crippen LogP contribution in [0.3, 0.4) is 0 Å². The van der Waals surface area contributed by atoms with E-state index in [4.69, 9.17) is 0 Å². The van der Waals surface area contributed by atoms with Gasteiger partial charge in [-0.15, -0.1) is 12.6 Å². The zero-order chi connectivity index (χ0) is 21.8. The Kier molecular flexibility index (Phi) is 11.8. The van der Waals surface area contributed by atoms with E-state index in [-0.39, 0.29) is 0 Å². The molecule has 0 aliphatic carbocycles. The Morgan fingerprint density at radius 2 is 1.48 bits per heavy atom. The lowest BCUT2D eigenvalue weighted by atomic mass is 9.84. The fourth-order valence-corrected chi connectivity index (χ4v) is 3.64. The molecule has 0 saturated heterocycles. The minimum absolute atomic E-state index is 0.517. The van der Waals surface area contributed by atoms with Gasteiger partial charge in [-0.2, -0.15) is 0 Å². The van der Waals surface area contributed by atoms with Crippen molar-refractivity contribution >= 4 is 18.2 Å². The zero-order valence-corrected chi connectivity index (χ0v) is 20.3. The van der Waals surface area contributed by atoms with Crippen molar-refractivity contribution in [2.24, 2.45) is 5.92 Å². The number of rotatable bonds is 9. The van der Waals surface area contributed by atoms with Gasteiger partial charge >= 0.3 is 0 Å². The maximum atomic E-state index is 4.42. The van der Waals surface area contributed by atoms with Gasteiger partial charge in [-0.1, -0.05) is 84.0 Å². The Balaban J connectivity index is 0.00000204. The van der Waals surface area contributed by atoms with Gasteiger partial charge in [-0.25, -0.2) is 0 Å². The highest BCUT2D eigenvalue weighted by Crippen LogP contribution is 2.33. The molecule has 0 N–H and O–H groups in total. The van der Waals surface area contributed by atoms with Crippen LogP contribution in [0, 0.1) is 5.92 Å². The fourth-order valence-electron chi connectivity index (χ4n) is 3.49. The Morgan fingerprint density at radius 3 is 2.00 bits per heavy atom. The van der Waals surface area contributed by atoms with E-state index < -0.39 is 0 Å². The summed E-state index contributed by atoms with van der Waals surface area (Å²) >= 11 is 4.38. The molecular weight excluding hydrogens is 368 g/mol. The minimum atomic E-state index is 0.517. The molecule has 0 heterocycles. The lowest BCUT2D eigenvalue weighted by Gasteiger charge is -2.21. The average molecular weight is 409 g/mol. The van der Waals surface area contributed by atoms with E-state index in [1.807, 2.05) is 13.8 Å². The number of allylic oxidation sites excluding steroid dienone is 3. The quantitative estimate of drug-likeness (QED) is 0.310. The maximum absolute atomic E-state index is 4.42. The number of aryl methyl sites for hydroxylation is 1. The molecule has 158 valence electrons. The summed E-state index contributed by atoms with van der Waals surface area (Å²) in [7, 11) is 0. The van der Waals surface area contributed by atoms with Gasteiger partial charge in [0.2, 0.25) is 0 Å². The van der Waals surface area contributed by atoms with E-state index in [0.717, 1.165) is 17.7 Å². The van der Waals surface area contributed by atoms with Gasteiger partial charge in [0.1, 0.15) is 0 Å². The molecule has 0 aliphatic rings. The molecule has 0 amide bonds. The summed E-state index contributed by atoms with van der Waals surface area (Å²) in [6.45, 7) is 17.5. The SMILES string of the molecule is C=C(Cc1ccc(S)cc1)/C(C)=C(/c1ccc(CCCC)cc1)C(C)CC.CC. The highest BCUT2D eigenvalue weighted by Gasteiger charge is 2.15. The van der Waals surface area contributed by atoms with Gasteiger partial charge in [0, 0.05) is 4.90 Å². The lowest BCUT2D eigenvalue weighted by Crippen LogP contribution is -2.03. The number of benzene rings is 2. The monoisotopic (exact) mass is 408 g/mol. The standard InChI is InChI=1S/C26H34S.C2H6/c1-6-8-9-22-10-14-24(15-11-22)26(19(3)7-2)21(5)20(4)18-23-12-16-25(27)17-13-23;1-2/h10-17,19,27H,4,6-9,18H2,1-3,5H3;1-2H3/b26-21+;. The molecule has 0 fully saturated rings. The van der Waals surface area contributed by atoms with E-state index in [0.29, 0.717) is 5.92 Å². The Bertz CT molecular complexity index is 763. The summed E-state index contributed by atoms with van der Waals surface area (Å²) in [6.07, 6.45) is 5.69. The second kappa shape index (κ2) is 13.5. The smallest absolute Gasteiger partial charge is 0.00401 e. The van der Waals surface area contributed by atoms with Gasteiger partial charge in [0.15, 0.2) is 0 Å². The molecule has 0 nitrogen and oxygen atoms in total. The topological polar surface area (TPSA) is 0 Å². The van der Waals surface area contributed by atoms with Crippen LogP contribution in [0.2, 0.25) is 0 Å². The zero-order valence-electron chi connectivity index (χ0n) is 19.4. The summed E-state index contributed by atoms with van der Waals surface area (Å²) in [5.41, 5.74) is 8.04. The van der Waals surface area contributed by atoms with E-state index >= 15 is 0 Å². The van der Waals surface area contributed by atoms with Crippen molar-refractivity contribution < 1.29 is 0 Å². The Hall–Kier alpha value is -1.73. The first-order valence-electron chi connectivity index (χ1n) is 11.2. The number of unbranched alkanes of at least 4 members (excludes halogenated alkanes) is 1. The highest BCUT2D eigenvalue weighted by molar-refractivity contribution is 7.80. The molecular formula is C28H40S. The predicted octanol–water partition coefficient (Wildman–Crippen LogP) is 8.96. The number of hydrogen-bond acceptors (Lipinski definition) is 1. The van der Waals surface area contributed by atoms with E-state index in [2.05, 4.69) is 95.4 Å². The molecule has 0 radical (unpaired) electrons. The predicted molar refractivity (Wildman–Crippen MR) is 135 cm³/mol. The largest absolute Gasteiger partial charge is 0.143 e. The summed E-state index contributed by atoms with van der Waals surface area (Å²) in [6, 6.07) is 17.6. The lowest BCUT2D eigenvalue weighted by molar-refractivity contribution is 0.713. The van der Waals surface area contributed by atoms with Crippen LogP contribution in [0.5, 0.6) is 0 Å². The van der Waals surface area contributed by atoms with Crippen molar-refractivity contribution in [2.75, 3.05) is 0 Å². The van der Waals surface area contributed by atoms with E-state index in [1.165, 1.54) is 52.7 Å². The fraction of sp³-hybridized carbons (Fsp3) is 0.429. The Labute approximate surface area is 185 Å². The molecule has 2 aromatic rings. The molecule has 0 aliphatic heterocycles. The van der Waals surface area contributed by atoms with Crippen molar-refractivity contribution in [1.29, 1.82) is 0 Å². The van der Waals surface area contributed by atoms with Crippen LogP contribution in [0.4, 0.5) is 0 Å². The second-order valence-electron chi connectivity index (χ2n) is 7.60. The molecule has 1 heteroatoms. The van der Waals surface area contributed by atoms with Crippen molar-refractivity contribution in [1.82, 2.24) is 0 Å². The van der Waals surface area contributed by atoms with Crippen molar-refractivity contribution in [3.8, 4) is 0 Å². The van der Waals surface area contributed by atoms with E-state index in [1.54, 1.807) is 0 Å². The molecule has 0 saturated carbocycles. The number of thiol groups is 1. The summed E-state index contributed by atoms with van der Waals surface area (Å²) in [5, 5.41) is 0. The molecule has 1 atom stereocenters. The number of hydrogen-bond donors (Lipinski definition) is 1. The van der Waals surface area contributed by atoms with Gasteiger partial charge in [0.25, 0.3) is 0 Å². The third-order valence-corrected chi connectivity index (χ3v) is 5.78. The van der Waals surface area contributed by atoms with Crippen LogP contribution in [0.15, 0.2) is 71.2 Å². The Morgan fingerprint density at radius 1 is 0.931 bits per heavy atom. The van der Waals surface area contributed by atoms with E-state index in [9.17, 15) is 0 Å². The molecule has 2 rings (SSSR count). The van der Waals surface area contributed by atoms with Crippen molar-refractivity contribution in [3.05, 3.63) is 82.9 Å². The summed E-state index contributed by atoms with van der Waals surface area (Å²) in [4.78, 5) is 1.00.